The van der Waals surface area contributed by atoms with Gasteiger partial charge in [-0.3, -0.25) is 4.99 Å². The molecule has 2 aromatic carbocycles. The van der Waals surface area contributed by atoms with E-state index >= 15 is 0 Å². The Bertz CT molecular complexity index is 1590. The van der Waals surface area contributed by atoms with E-state index in [1.807, 2.05) is 48.5 Å². The Hall–Kier alpha value is -3.97. The van der Waals surface area contributed by atoms with Crippen molar-refractivity contribution in [3.05, 3.63) is 89.1 Å². The Labute approximate surface area is 206 Å². The van der Waals surface area contributed by atoms with Gasteiger partial charge in [0.25, 0.3) is 0 Å². The van der Waals surface area contributed by atoms with Crippen LogP contribution in [0.2, 0.25) is 5.02 Å². The summed E-state index contributed by atoms with van der Waals surface area (Å²) in [7, 11) is 1.58. The van der Waals surface area contributed by atoms with Gasteiger partial charge in [0, 0.05) is 23.0 Å². The summed E-state index contributed by atoms with van der Waals surface area (Å²) in [4.78, 5) is 14.1. The minimum absolute atomic E-state index is 0.301. The number of fused-ring (bicyclic) bond motifs is 2. The first-order valence-electron chi connectivity index (χ1n) is 11.3. The molecule has 1 aromatic heterocycles. The zero-order valence-electron chi connectivity index (χ0n) is 18.9. The minimum atomic E-state index is -0.342. The van der Waals surface area contributed by atoms with Crippen molar-refractivity contribution in [1.29, 1.82) is 0 Å². The van der Waals surface area contributed by atoms with Crippen molar-refractivity contribution in [2.75, 3.05) is 12.4 Å². The van der Waals surface area contributed by atoms with E-state index in [2.05, 4.69) is 14.9 Å². The van der Waals surface area contributed by atoms with Crippen LogP contribution in [0.4, 0.5) is 15.8 Å². The first kappa shape index (κ1) is 21.6. The maximum Gasteiger partial charge on any atom is 0.237 e. The molecule has 0 saturated heterocycles. The minimum Gasteiger partial charge on any atom is -0.480 e. The molecule has 8 heteroatoms. The lowest BCUT2D eigenvalue weighted by Crippen LogP contribution is -2.16. The molecule has 6 nitrogen and oxygen atoms in total. The van der Waals surface area contributed by atoms with Gasteiger partial charge in [-0.1, -0.05) is 11.6 Å². The highest BCUT2D eigenvalue weighted by Crippen LogP contribution is 2.33. The third kappa shape index (κ3) is 4.19. The summed E-state index contributed by atoms with van der Waals surface area (Å²) >= 11 is 6.16. The van der Waals surface area contributed by atoms with Gasteiger partial charge in [-0.25, -0.2) is 14.4 Å². The quantitative estimate of drug-likeness (QED) is 0.304. The topological polar surface area (TPSA) is 64.3 Å². The molecule has 6 rings (SSSR count). The highest BCUT2D eigenvalue weighted by Gasteiger charge is 2.22. The van der Waals surface area contributed by atoms with Gasteiger partial charge in [-0.2, -0.15) is 0 Å². The van der Waals surface area contributed by atoms with Gasteiger partial charge >= 0.3 is 0 Å². The van der Waals surface area contributed by atoms with Crippen LogP contribution in [0, 0.1) is 5.82 Å². The average molecular weight is 486 g/mol. The molecule has 0 radical (unpaired) electrons. The first-order valence-corrected chi connectivity index (χ1v) is 11.7. The van der Waals surface area contributed by atoms with Crippen molar-refractivity contribution in [3.63, 3.8) is 0 Å². The molecule has 2 heterocycles. The fourth-order valence-electron chi connectivity index (χ4n) is 4.14. The van der Waals surface area contributed by atoms with Crippen LogP contribution in [0.1, 0.15) is 12.8 Å². The zero-order valence-corrected chi connectivity index (χ0v) is 19.6. The molecule has 35 heavy (non-hydrogen) atoms. The standard InChI is InChI=1S/C27H21ClFN5O/c1-35-27-20(3-2-12-30-27)32-21-14-24-26(15-22(21)31-18-7-8-18)34(19-9-4-16(28)5-10-19)25-11-6-17(29)13-23(25)33-24/h2-6,9-15,18,32H,7-8H2,1H3. The smallest absolute Gasteiger partial charge is 0.237 e. The molecule has 3 aliphatic rings. The van der Waals surface area contributed by atoms with E-state index in [0.29, 0.717) is 28.2 Å². The monoisotopic (exact) mass is 485 g/mol. The van der Waals surface area contributed by atoms with E-state index in [-0.39, 0.29) is 5.82 Å². The van der Waals surface area contributed by atoms with Crippen molar-refractivity contribution in [2.45, 2.75) is 18.9 Å². The summed E-state index contributed by atoms with van der Waals surface area (Å²) in [6.07, 6.45) is 3.82. The number of nitrogens with zero attached hydrogens (tertiary/aromatic N) is 4. The van der Waals surface area contributed by atoms with Gasteiger partial charge in [0.05, 0.1) is 46.6 Å². The lowest BCUT2D eigenvalue weighted by atomic mass is 10.1. The number of rotatable bonds is 5. The number of ether oxygens (including phenoxy) is 1. The first-order chi connectivity index (χ1) is 17.1. The van der Waals surface area contributed by atoms with E-state index in [1.165, 1.54) is 12.1 Å². The predicted octanol–water partition coefficient (Wildman–Crippen LogP) is 6.13. The fraction of sp³-hybridized carbons (Fsp3) is 0.148. The lowest BCUT2D eigenvalue weighted by molar-refractivity contribution is 0.400. The molecule has 0 atom stereocenters. The van der Waals surface area contributed by atoms with Crippen LogP contribution in [-0.2, 0) is 0 Å². The van der Waals surface area contributed by atoms with Crippen LogP contribution >= 0.6 is 11.6 Å². The van der Waals surface area contributed by atoms with Crippen LogP contribution < -0.4 is 15.4 Å². The van der Waals surface area contributed by atoms with Crippen LogP contribution in [0.15, 0.2) is 77.9 Å². The fourth-order valence-corrected chi connectivity index (χ4v) is 4.26. The highest BCUT2D eigenvalue weighted by atomic mass is 35.5. The SMILES string of the molecule is COc1ncccc1Nc1cc2nc3cc(F)ccc3n(-c3ccc(Cl)cc3)c-2cc1=NC1CC1. The summed E-state index contributed by atoms with van der Waals surface area (Å²) in [5.41, 5.74) is 5.27. The number of nitrogens with one attached hydrogen (secondary N) is 1. The van der Waals surface area contributed by atoms with Crippen molar-refractivity contribution in [2.24, 2.45) is 4.99 Å². The van der Waals surface area contributed by atoms with Crippen molar-refractivity contribution in [3.8, 4) is 23.0 Å². The second-order valence-corrected chi connectivity index (χ2v) is 8.90. The Kier molecular flexibility index (Phi) is 5.34. The zero-order chi connectivity index (χ0) is 23.9. The molecular formula is C27H21ClFN5O. The normalized spacial score (nSPS) is 14.0. The van der Waals surface area contributed by atoms with Crippen LogP contribution in [-0.4, -0.2) is 27.7 Å². The maximum absolute atomic E-state index is 14.2. The number of methoxy groups -OCH3 is 1. The highest BCUT2D eigenvalue weighted by molar-refractivity contribution is 6.30. The lowest BCUT2D eigenvalue weighted by Gasteiger charge is -2.20. The van der Waals surface area contributed by atoms with Crippen LogP contribution in [0.3, 0.4) is 0 Å². The number of aromatic nitrogens is 3. The van der Waals surface area contributed by atoms with E-state index in [0.717, 1.165) is 46.5 Å². The molecule has 1 N–H and O–H groups in total. The van der Waals surface area contributed by atoms with Gasteiger partial charge in [0.15, 0.2) is 0 Å². The molecule has 1 aliphatic heterocycles. The number of halogens is 2. The third-order valence-electron chi connectivity index (χ3n) is 5.94. The van der Waals surface area contributed by atoms with E-state index in [4.69, 9.17) is 26.3 Å². The molecule has 2 aliphatic carbocycles. The van der Waals surface area contributed by atoms with E-state index < -0.39 is 0 Å². The van der Waals surface area contributed by atoms with Crippen LogP contribution in [0.5, 0.6) is 5.88 Å². The Balaban J connectivity index is 1.64. The Morgan fingerprint density at radius 3 is 2.66 bits per heavy atom. The number of hydrogen-bond acceptors (Lipinski definition) is 5. The van der Waals surface area contributed by atoms with Crippen molar-refractivity contribution < 1.29 is 9.13 Å². The molecule has 1 saturated carbocycles. The largest absolute Gasteiger partial charge is 0.480 e. The van der Waals surface area contributed by atoms with Gasteiger partial charge in [0.2, 0.25) is 5.88 Å². The molecule has 0 bridgehead atoms. The summed E-state index contributed by atoms with van der Waals surface area (Å²) in [6, 6.07) is 20.2. The summed E-state index contributed by atoms with van der Waals surface area (Å²) in [5, 5.41) is 4.88. The summed E-state index contributed by atoms with van der Waals surface area (Å²) < 4.78 is 21.7. The predicted molar refractivity (Wildman–Crippen MR) is 135 cm³/mol. The molecule has 174 valence electrons. The second kappa shape index (κ2) is 8.67. The van der Waals surface area contributed by atoms with Crippen LogP contribution in [0.25, 0.3) is 28.1 Å². The van der Waals surface area contributed by atoms with Gasteiger partial charge < -0.3 is 14.6 Å². The van der Waals surface area contributed by atoms with Gasteiger partial charge in [0.1, 0.15) is 11.5 Å². The second-order valence-electron chi connectivity index (χ2n) is 8.46. The number of anilines is 2. The molecule has 1 fully saturated rings. The summed E-state index contributed by atoms with van der Waals surface area (Å²) in [6.45, 7) is 0. The molecule has 0 amide bonds. The Morgan fingerprint density at radius 1 is 1.06 bits per heavy atom. The number of benzene rings is 3. The van der Waals surface area contributed by atoms with Gasteiger partial charge in [-0.15, -0.1) is 0 Å². The van der Waals surface area contributed by atoms with Crippen molar-refractivity contribution >= 4 is 34.0 Å². The third-order valence-corrected chi connectivity index (χ3v) is 6.19. The summed E-state index contributed by atoms with van der Waals surface area (Å²) in [5.74, 6) is 0.139. The Morgan fingerprint density at radius 2 is 1.89 bits per heavy atom. The molecule has 0 spiro atoms. The number of pyridine rings is 1. The van der Waals surface area contributed by atoms with Gasteiger partial charge in [-0.05, 0) is 73.5 Å². The molecule has 0 unspecified atom stereocenters. The average Bonchev–Trinajstić information content (AvgIpc) is 3.68. The van der Waals surface area contributed by atoms with E-state index in [9.17, 15) is 4.39 Å². The molecular weight excluding hydrogens is 465 g/mol. The molecule has 3 aromatic rings. The maximum atomic E-state index is 14.2. The number of hydrogen-bond donors (Lipinski definition) is 1. The van der Waals surface area contributed by atoms with E-state index in [1.54, 1.807) is 19.4 Å². The van der Waals surface area contributed by atoms with Crippen molar-refractivity contribution in [1.82, 2.24) is 14.5 Å².